The molecule has 0 fully saturated rings. The molecule has 0 aliphatic heterocycles. The predicted octanol–water partition coefficient (Wildman–Crippen LogP) is 3.76. The molecule has 0 aromatic heterocycles. The molecule has 3 nitrogen and oxygen atoms in total. The van der Waals surface area contributed by atoms with Crippen LogP contribution in [0.3, 0.4) is 0 Å². The monoisotopic (exact) mass is 274 g/mol. The maximum absolute atomic E-state index is 12.0. The molecule has 0 unspecified atom stereocenters. The van der Waals surface area contributed by atoms with Crippen molar-refractivity contribution in [3.05, 3.63) is 64.7 Å². The van der Waals surface area contributed by atoms with E-state index in [2.05, 4.69) is 0 Å². The molecule has 0 aliphatic rings. The highest BCUT2D eigenvalue weighted by atomic mass is 35.5. The van der Waals surface area contributed by atoms with Gasteiger partial charge in [0.15, 0.2) is 5.78 Å². The third kappa shape index (κ3) is 3.01. The van der Waals surface area contributed by atoms with E-state index in [4.69, 9.17) is 16.3 Å². The van der Waals surface area contributed by atoms with E-state index in [-0.39, 0.29) is 17.1 Å². The van der Waals surface area contributed by atoms with Crippen molar-refractivity contribution >= 4 is 23.4 Å². The molecule has 0 heterocycles. The molecule has 0 atom stereocenters. The van der Waals surface area contributed by atoms with Gasteiger partial charge in [-0.05, 0) is 31.2 Å². The van der Waals surface area contributed by atoms with E-state index in [1.165, 1.54) is 6.92 Å². The van der Waals surface area contributed by atoms with E-state index in [0.717, 1.165) is 0 Å². The number of hydrogen-bond acceptors (Lipinski definition) is 3. The van der Waals surface area contributed by atoms with Crippen LogP contribution in [-0.2, 0) is 0 Å². The lowest BCUT2D eigenvalue weighted by Gasteiger charge is -2.08. The quantitative estimate of drug-likeness (QED) is 0.486. The first-order valence-corrected chi connectivity index (χ1v) is 6.04. The van der Waals surface area contributed by atoms with Crippen LogP contribution in [0.15, 0.2) is 48.5 Å². The molecule has 4 heteroatoms. The molecule has 2 aromatic rings. The Balaban J connectivity index is 2.30. The number of ether oxygens (including phenoxy) is 1. The van der Waals surface area contributed by atoms with Gasteiger partial charge >= 0.3 is 5.97 Å². The molecule has 2 rings (SSSR count). The van der Waals surface area contributed by atoms with Gasteiger partial charge in [0.25, 0.3) is 0 Å². The van der Waals surface area contributed by atoms with Crippen LogP contribution >= 0.6 is 11.6 Å². The minimum absolute atomic E-state index is 0.164. The Morgan fingerprint density at radius 2 is 1.53 bits per heavy atom. The van der Waals surface area contributed by atoms with Crippen LogP contribution in [0.1, 0.15) is 27.6 Å². The Morgan fingerprint density at radius 1 is 0.947 bits per heavy atom. The molecule has 0 saturated carbocycles. The van der Waals surface area contributed by atoms with Crippen LogP contribution in [0.2, 0.25) is 5.02 Å². The molecular formula is C15H11ClO3. The van der Waals surface area contributed by atoms with Crippen molar-refractivity contribution in [1.82, 2.24) is 0 Å². The van der Waals surface area contributed by atoms with Gasteiger partial charge in [0.05, 0.1) is 16.1 Å². The van der Waals surface area contributed by atoms with Crippen molar-refractivity contribution in [2.24, 2.45) is 0 Å². The van der Waals surface area contributed by atoms with Crippen molar-refractivity contribution in [2.45, 2.75) is 6.92 Å². The molecule has 0 spiro atoms. The zero-order valence-corrected chi connectivity index (χ0v) is 11.0. The van der Waals surface area contributed by atoms with Crippen LogP contribution in [0.25, 0.3) is 0 Å². The number of Topliss-reactive ketones (excluding diaryl/α,β-unsaturated/α-hetero) is 1. The molecule has 0 amide bonds. The lowest BCUT2D eigenvalue weighted by atomic mass is 10.1. The van der Waals surface area contributed by atoms with Crippen molar-refractivity contribution < 1.29 is 14.3 Å². The van der Waals surface area contributed by atoms with Gasteiger partial charge in [0, 0.05) is 0 Å². The Hall–Kier alpha value is -2.13. The Bertz CT molecular complexity index is 635. The number of ketones is 1. The number of para-hydroxylation sites is 1. The molecule has 0 N–H and O–H groups in total. The standard InChI is InChI=1S/C15H11ClO3/c1-10(17)11-6-3-5-9-14(11)19-15(18)12-7-2-4-8-13(12)16/h2-9H,1H3. The molecule has 2 aromatic carbocycles. The van der Waals surface area contributed by atoms with E-state index >= 15 is 0 Å². The second-order valence-corrected chi connectivity index (χ2v) is 4.33. The molecular weight excluding hydrogens is 264 g/mol. The number of carbonyl (C=O) groups is 2. The van der Waals surface area contributed by atoms with Gasteiger partial charge in [-0.2, -0.15) is 0 Å². The Labute approximate surface area is 115 Å². The third-order valence-corrected chi connectivity index (χ3v) is 2.89. The summed E-state index contributed by atoms with van der Waals surface area (Å²) >= 11 is 5.92. The SMILES string of the molecule is CC(=O)c1ccccc1OC(=O)c1ccccc1Cl. The van der Waals surface area contributed by atoms with Crippen molar-refractivity contribution in [1.29, 1.82) is 0 Å². The summed E-state index contributed by atoms with van der Waals surface area (Å²) in [7, 11) is 0. The molecule has 0 aliphatic carbocycles. The summed E-state index contributed by atoms with van der Waals surface area (Å²) in [6, 6.07) is 13.2. The number of esters is 1. The summed E-state index contributed by atoms with van der Waals surface area (Å²) in [5.74, 6) is -0.512. The predicted molar refractivity (Wildman–Crippen MR) is 72.9 cm³/mol. The summed E-state index contributed by atoms with van der Waals surface area (Å²) in [6.07, 6.45) is 0. The number of rotatable bonds is 3. The van der Waals surface area contributed by atoms with E-state index < -0.39 is 5.97 Å². The maximum atomic E-state index is 12.0. The third-order valence-electron chi connectivity index (χ3n) is 2.56. The van der Waals surface area contributed by atoms with Gasteiger partial charge in [-0.15, -0.1) is 0 Å². The van der Waals surface area contributed by atoms with Crippen LogP contribution in [0, 0.1) is 0 Å². The van der Waals surface area contributed by atoms with E-state index in [9.17, 15) is 9.59 Å². The fourth-order valence-corrected chi connectivity index (χ4v) is 1.84. The van der Waals surface area contributed by atoms with Crippen molar-refractivity contribution in [2.75, 3.05) is 0 Å². The van der Waals surface area contributed by atoms with Gasteiger partial charge in [0.1, 0.15) is 5.75 Å². The fourth-order valence-electron chi connectivity index (χ4n) is 1.63. The zero-order chi connectivity index (χ0) is 13.8. The lowest BCUT2D eigenvalue weighted by molar-refractivity contribution is 0.0733. The van der Waals surface area contributed by atoms with Gasteiger partial charge in [-0.1, -0.05) is 35.9 Å². The van der Waals surface area contributed by atoms with E-state index in [1.54, 1.807) is 48.5 Å². The maximum Gasteiger partial charge on any atom is 0.345 e. The Kier molecular flexibility index (Phi) is 3.97. The largest absolute Gasteiger partial charge is 0.422 e. The first kappa shape index (κ1) is 13.3. The van der Waals surface area contributed by atoms with Gasteiger partial charge in [-0.3, -0.25) is 4.79 Å². The van der Waals surface area contributed by atoms with Crippen LogP contribution < -0.4 is 4.74 Å². The van der Waals surface area contributed by atoms with Gasteiger partial charge in [-0.25, -0.2) is 4.79 Å². The number of benzene rings is 2. The summed E-state index contributed by atoms with van der Waals surface area (Å²) in [5.41, 5.74) is 0.630. The van der Waals surface area contributed by atoms with Crippen LogP contribution in [0.5, 0.6) is 5.75 Å². The van der Waals surface area contributed by atoms with Gasteiger partial charge in [0.2, 0.25) is 0 Å². The first-order chi connectivity index (χ1) is 9.09. The first-order valence-electron chi connectivity index (χ1n) is 5.66. The average molecular weight is 275 g/mol. The molecule has 0 bridgehead atoms. The number of halogens is 1. The van der Waals surface area contributed by atoms with Crippen molar-refractivity contribution in [3.63, 3.8) is 0 Å². The highest BCUT2D eigenvalue weighted by molar-refractivity contribution is 6.33. The summed E-state index contributed by atoms with van der Waals surface area (Å²) in [5, 5.41) is 0.313. The Morgan fingerprint density at radius 3 is 2.16 bits per heavy atom. The topological polar surface area (TPSA) is 43.4 Å². The van der Waals surface area contributed by atoms with Gasteiger partial charge < -0.3 is 4.74 Å². The normalized spacial score (nSPS) is 10.0. The van der Waals surface area contributed by atoms with E-state index in [0.29, 0.717) is 10.6 Å². The minimum Gasteiger partial charge on any atom is -0.422 e. The van der Waals surface area contributed by atoms with Crippen LogP contribution in [0.4, 0.5) is 0 Å². The average Bonchev–Trinajstić information content (AvgIpc) is 2.39. The summed E-state index contributed by atoms with van der Waals surface area (Å²) in [4.78, 5) is 23.4. The minimum atomic E-state index is -0.584. The molecule has 0 radical (unpaired) electrons. The highest BCUT2D eigenvalue weighted by Crippen LogP contribution is 2.22. The van der Waals surface area contributed by atoms with Crippen molar-refractivity contribution in [3.8, 4) is 5.75 Å². The second kappa shape index (κ2) is 5.67. The summed E-state index contributed by atoms with van der Waals surface area (Å²) in [6.45, 7) is 1.42. The molecule has 0 saturated heterocycles. The number of hydrogen-bond donors (Lipinski definition) is 0. The van der Waals surface area contributed by atoms with E-state index in [1.807, 2.05) is 0 Å². The lowest BCUT2D eigenvalue weighted by Crippen LogP contribution is -2.11. The summed E-state index contributed by atoms with van der Waals surface area (Å²) < 4.78 is 5.23. The number of carbonyl (C=O) groups excluding carboxylic acids is 2. The molecule has 96 valence electrons. The highest BCUT2D eigenvalue weighted by Gasteiger charge is 2.15. The second-order valence-electron chi connectivity index (χ2n) is 3.92. The zero-order valence-electron chi connectivity index (χ0n) is 10.2. The van der Waals surface area contributed by atoms with Crippen LogP contribution in [-0.4, -0.2) is 11.8 Å². The fraction of sp³-hybridized carbons (Fsp3) is 0.0667. The smallest absolute Gasteiger partial charge is 0.345 e. The molecule has 19 heavy (non-hydrogen) atoms.